The minimum Gasteiger partial charge on any atom is -0.376 e. The van der Waals surface area contributed by atoms with E-state index in [9.17, 15) is 14.4 Å². The molecule has 4 rings (SSSR count). The van der Waals surface area contributed by atoms with Gasteiger partial charge in [0.1, 0.15) is 11.2 Å². The number of H-pyrrole nitrogens is 1. The number of amides is 4. The van der Waals surface area contributed by atoms with Crippen LogP contribution in [0.25, 0.3) is 0 Å². The minimum absolute atomic E-state index is 0.00264. The number of carbonyl (C=O) groups excluding carboxylic acids is 3. The number of urea groups is 1. The molecule has 9 nitrogen and oxygen atoms in total. The molecular weight excluding hydrogens is 410 g/mol. The van der Waals surface area contributed by atoms with Crippen LogP contribution in [-0.2, 0) is 9.53 Å². The zero-order valence-corrected chi connectivity index (χ0v) is 19.4. The highest BCUT2D eigenvalue weighted by molar-refractivity contribution is 6.07. The molecule has 9 heteroatoms. The van der Waals surface area contributed by atoms with Crippen LogP contribution >= 0.6 is 0 Å². The van der Waals surface area contributed by atoms with Crippen molar-refractivity contribution in [1.82, 2.24) is 25.3 Å². The van der Waals surface area contributed by atoms with Crippen LogP contribution in [0.1, 0.15) is 81.4 Å². The molecule has 0 bridgehead atoms. The fourth-order valence-corrected chi connectivity index (χ4v) is 5.33. The average molecular weight is 446 g/mol. The van der Waals surface area contributed by atoms with Crippen molar-refractivity contribution >= 4 is 17.8 Å². The van der Waals surface area contributed by atoms with E-state index in [4.69, 9.17) is 4.74 Å². The quantitative estimate of drug-likeness (QED) is 0.628. The Hall–Kier alpha value is -2.42. The number of hydrogen-bond acceptors (Lipinski definition) is 5. The van der Waals surface area contributed by atoms with E-state index in [2.05, 4.69) is 29.4 Å². The van der Waals surface area contributed by atoms with Gasteiger partial charge in [-0.25, -0.2) is 4.79 Å². The molecule has 4 amide bonds. The van der Waals surface area contributed by atoms with Crippen LogP contribution in [0.3, 0.4) is 0 Å². The van der Waals surface area contributed by atoms with E-state index in [1.807, 2.05) is 17.9 Å². The van der Waals surface area contributed by atoms with Crippen LogP contribution < -0.4 is 5.32 Å². The van der Waals surface area contributed by atoms with E-state index in [0.717, 1.165) is 25.0 Å². The first kappa shape index (κ1) is 22.8. The molecule has 1 aromatic heterocycles. The molecule has 3 aliphatic rings. The molecule has 0 spiro atoms. The monoisotopic (exact) mass is 445 g/mol. The third-order valence-electron chi connectivity index (χ3n) is 7.17. The predicted molar refractivity (Wildman–Crippen MR) is 118 cm³/mol. The van der Waals surface area contributed by atoms with Crippen LogP contribution in [0.2, 0.25) is 0 Å². The fraction of sp³-hybridized carbons (Fsp3) is 0.739. The van der Waals surface area contributed by atoms with Gasteiger partial charge in [0.25, 0.3) is 11.8 Å². The van der Waals surface area contributed by atoms with Gasteiger partial charge in [0.05, 0.1) is 12.6 Å². The van der Waals surface area contributed by atoms with Crippen LogP contribution in [0, 0.1) is 5.92 Å². The number of hydrogen-bond donors (Lipinski definition) is 2. The maximum Gasteiger partial charge on any atom is 0.325 e. The molecule has 4 heterocycles. The average Bonchev–Trinajstić information content (AvgIpc) is 3.52. The van der Waals surface area contributed by atoms with Crippen molar-refractivity contribution in [3.8, 4) is 0 Å². The van der Waals surface area contributed by atoms with Gasteiger partial charge in [-0.1, -0.05) is 27.2 Å². The van der Waals surface area contributed by atoms with Gasteiger partial charge in [-0.3, -0.25) is 19.6 Å². The zero-order valence-electron chi connectivity index (χ0n) is 19.4. The summed E-state index contributed by atoms with van der Waals surface area (Å²) in [5, 5.41) is 10.2. The number of aromatic amines is 1. The Bertz CT molecular complexity index is 854. The minimum atomic E-state index is -0.878. The SMILES string of the molecule is CCCC1(C2CCN(C(=O)c3cc(C(C)C)[nH]n3)CC2)NC(=O)N(CC2CCCO2)C1=O. The van der Waals surface area contributed by atoms with Crippen molar-refractivity contribution in [1.29, 1.82) is 0 Å². The standard InChI is InChI=1S/C23H35N5O4/c1-4-9-23(21(30)28(22(31)24-23)14-17-6-5-12-32-17)16-7-10-27(11-8-16)20(29)19-13-18(15(2)3)25-26-19/h13,15-17H,4-12,14H2,1-3H3,(H,24,31)(H,25,26). The lowest BCUT2D eigenvalue weighted by Crippen LogP contribution is -2.56. The number of aromatic nitrogens is 2. The number of carbonyl (C=O) groups is 3. The smallest absolute Gasteiger partial charge is 0.325 e. The third kappa shape index (κ3) is 4.14. The first-order valence-electron chi connectivity index (χ1n) is 12.0. The molecular formula is C23H35N5O4. The van der Waals surface area contributed by atoms with E-state index < -0.39 is 5.54 Å². The highest BCUT2D eigenvalue weighted by atomic mass is 16.5. The van der Waals surface area contributed by atoms with Crippen molar-refractivity contribution in [2.24, 2.45) is 5.92 Å². The van der Waals surface area contributed by atoms with E-state index in [-0.39, 0.29) is 35.8 Å². The van der Waals surface area contributed by atoms with Crippen molar-refractivity contribution in [2.45, 2.75) is 76.9 Å². The summed E-state index contributed by atoms with van der Waals surface area (Å²) in [5.41, 5.74) is 0.496. The molecule has 2 unspecified atom stereocenters. The third-order valence-corrected chi connectivity index (χ3v) is 7.17. The summed E-state index contributed by atoms with van der Waals surface area (Å²) in [4.78, 5) is 42.4. The van der Waals surface area contributed by atoms with Crippen LogP contribution in [0.4, 0.5) is 4.79 Å². The fourth-order valence-electron chi connectivity index (χ4n) is 5.33. The van der Waals surface area contributed by atoms with Crippen molar-refractivity contribution < 1.29 is 19.1 Å². The topological polar surface area (TPSA) is 108 Å². The molecule has 176 valence electrons. The van der Waals surface area contributed by atoms with Crippen LogP contribution in [0.5, 0.6) is 0 Å². The largest absolute Gasteiger partial charge is 0.376 e. The molecule has 1 aromatic rings. The predicted octanol–water partition coefficient (Wildman–Crippen LogP) is 2.66. The summed E-state index contributed by atoms with van der Waals surface area (Å²) >= 11 is 0. The highest BCUT2D eigenvalue weighted by Crippen LogP contribution is 2.37. The van der Waals surface area contributed by atoms with E-state index in [0.29, 0.717) is 51.2 Å². The van der Waals surface area contributed by atoms with Gasteiger partial charge < -0.3 is 15.0 Å². The summed E-state index contributed by atoms with van der Waals surface area (Å²) in [6.07, 6.45) is 4.53. The highest BCUT2D eigenvalue weighted by Gasteiger charge is 2.55. The Morgan fingerprint density at radius 1 is 1.28 bits per heavy atom. The summed E-state index contributed by atoms with van der Waals surface area (Å²) in [6.45, 7) is 8.25. The van der Waals surface area contributed by atoms with E-state index in [1.54, 1.807) is 0 Å². The van der Waals surface area contributed by atoms with Gasteiger partial charge in [-0.2, -0.15) is 5.10 Å². The Balaban J connectivity index is 1.43. The maximum absolute atomic E-state index is 13.5. The number of ether oxygens (including phenoxy) is 1. The van der Waals surface area contributed by atoms with Crippen LogP contribution in [-0.4, -0.2) is 75.7 Å². The second-order valence-electron chi connectivity index (χ2n) is 9.63. The first-order valence-corrected chi connectivity index (χ1v) is 12.0. The zero-order chi connectivity index (χ0) is 22.9. The van der Waals surface area contributed by atoms with Crippen molar-refractivity contribution in [3.05, 3.63) is 17.5 Å². The number of imide groups is 1. The van der Waals surface area contributed by atoms with Gasteiger partial charge in [0.15, 0.2) is 0 Å². The van der Waals surface area contributed by atoms with E-state index in [1.165, 1.54) is 4.90 Å². The maximum atomic E-state index is 13.5. The van der Waals surface area contributed by atoms with Crippen molar-refractivity contribution in [3.63, 3.8) is 0 Å². The number of piperidine rings is 1. The summed E-state index contributed by atoms with van der Waals surface area (Å²) in [7, 11) is 0. The number of likely N-dealkylation sites (tertiary alicyclic amines) is 1. The van der Waals surface area contributed by atoms with E-state index >= 15 is 0 Å². The molecule has 3 fully saturated rings. The van der Waals surface area contributed by atoms with Gasteiger partial charge in [-0.05, 0) is 50.0 Å². The lowest BCUT2D eigenvalue weighted by molar-refractivity contribution is -0.135. The molecule has 3 saturated heterocycles. The second-order valence-corrected chi connectivity index (χ2v) is 9.63. The van der Waals surface area contributed by atoms with Crippen molar-refractivity contribution in [2.75, 3.05) is 26.2 Å². The van der Waals surface area contributed by atoms with Gasteiger partial charge in [0, 0.05) is 25.4 Å². The lowest BCUT2D eigenvalue weighted by Gasteiger charge is -2.40. The van der Waals surface area contributed by atoms with Crippen LogP contribution in [0.15, 0.2) is 6.07 Å². The summed E-state index contributed by atoms with van der Waals surface area (Å²) < 4.78 is 5.66. The molecule has 3 aliphatic heterocycles. The Morgan fingerprint density at radius 3 is 2.62 bits per heavy atom. The molecule has 2 N–H and O–H groups in total. The molecule has 2 atom stereocenters. The number of rotatable bonds is 7. The number of nitrogens with one attached hydrogen (secondary N) is 2. The Labute approximate surface area is 189 Å². The van der Waals surface area contributed by atoms with Gasteiger partial charge >= 0.3 is 6.03 Å². The molecule has 0 radical (unpaired) electrons. The molecule has 32 heavy (non-hydrogen) atoms. The summed E-state index contributed by atoms with van der Waals surface area (Å²) in [6, 6.07) is 1.51. The summed E-state index contributed by atoms with van der Waals surface area (Å²) in [5.74, 6) is 0.0672. The van der Waals surface area contributed by atoms with Gasteiger partial charge in [0.2, 0.25) is 0 Å². The molecule has 0 saturated carbocycles. The second kappa shape index (κ2) is 9.21. The Morgan fingerprint density at radius 2 is 2.03 bits per heavy atom. The molecule has 0 aromatic carbocycles. The van der Waals surface area contributed by atoms with Gasteiger partial charge in [-0.15, -0.1) is 0 Å². The number of nitrogens with zero attached hydrogens (tertiary/aromatic N) is 3. The molecule has 0 aliphatic carbocycles. The first-order chi connectivity index (χ1) is 15.4. The normalized spacial score (nSPS) is 26.9. The Kier molecular flexibility index (Phi) is 6.55. The lowest BCUT2D eigenvalue weighted by atomic mass is 9.74.